The van der Waals surface area contributed by atoms with Crippen molar-refractivity contribution in [3.05, 3.63) is 126 Å². The number of nitrogens with zero attached hydrogens (tertiary/aromatic N) is 2. The maximum absolute atomic E-state index is 15.0. The van der Waals surface area contributed by atoms with Crippen LogP contribution in [-0.2, 0) is 32.6 Å². The average molecular weight is 632 g/mol. The normalized spacial score (nSPS) is 12.5. The lowest BCUT2D eigenvalue weighted by Crippen LogP contribution is -2.54. The molecule has 0 fully saturated rings. The number of hydrogen-bond acceptors (Lipinski definition) is 5. The lowest BCUT2D eigenvalue weighted by atomic mass is 10.0. The molecule has 0 radical (unpaired) electrons. The number of methoxy groups -OCH3 is 1. The first kappa shape index (κ1) is 33.2. The maximum Gasteiger partial charge on any atom is 0.264 e. The van der Waals surface area contributed by atoms with Crippen LogP contribution < -0.4 is 14.4 Å². The molecule has 10 heteroatoms. The minimum absolute atomic E-state index is 0.00961. The fraction of sp³-hybridized carbons (Fsp3) is 0.257. The van der Waals surface area contributed by atoms with Gasteiger partial charge in [-0.1, -0.05) is 73.7 Å². The Morgan fingerprint density at radius 2 is 1.47 bits per heavy atom. The number of carbonyl (C=O) groups excluding carboxylic acids is 2. The van der Waals surface area contributed by atoms with Crippen LogP contribution in [0.2, 0.25) is 0 Å². The van der Waals surface area contributed by atoms with Gasteiger partial charge in [0.15, 0.2) is 0 Å². The van der Waals surface area contributed by atoms with Gasteiger partial charge in [0.05, 0.1) is 17.7 Å². The van der Waals surface area contributed by atoms with Gasteiger partial charge < -0.3 is 15.0 Å². The third-order valence-corrected chi connectivity index (χ3v) is 9.33. The van der Waals surface area contributed by atoms with Gasteiger partial charge in [-0.25, -0.2) is 12.8 Å². The fourth-order valence-electron chi connectivity index (χ4n) is 4.80. The summed E-state index contributed by atoms with van der Waals surface area (Å²) in [6, 6.07) is 28.1. The van der Waals surface area contributed by atoms with Gasteiger partial charge in [-0.15, -0.1) is 0 Å². The number of nitrogens with one attached hydrogen (secondary N) is 1. The smallest absolute Gasteiger partial charge is 0.264 e. The molecule has 236 valence electrons. The number of hydrogen-bond donors (Lipinski definition) is 1. The number of halogens is 1. The molecule has 4 rings (SSSR count). The van der Waals surface area contributed by atoms with Crippen LogP contribution in [0.3, 0.4) is 0 Å². The summed E-state index contributed by atoms with van der Waals surface area (Å²) >= 11 is 0. The van der Waals surface area contributed by atoms with Crippen molar-refractivity contribution in [2.45, 2.75) is 50.2 Å². The molecule has 0 aromatic heterocycles. The van der Waals surface area contributed by atoms with E-state index < -0.39 is 40.2 Å². The minimum Gasteiger partial charge on any atom is -0.497 e. The number of benzene rings is 4. The molecule has 4 aromatic rings. The Hall–Kier alpha value is -4.70. The molecule has 4 aromatic carbocycles. The highest BCUT2D eigenvalue weighted by Crippen LogP contribution is 2.27. The van der Waals surface area contributed by atoms with Crippen molar-refractivity contribution >= 4 is 27.5 Å². The van der Waals surface area contributed by atoms with Crippen LogP contribution in [0.15, 0.2) is 114 Å². The van der Waals surface area contributed by atoms with E-state index in [-0.39, 0.29) is 35.2 Å². The number of ether oxygens (including phenoxy) is 1. The predicted octanol–water partition coefficient (Wildman–Crippen LogP) is 5.58. The third kappa shape index (κ3) is 8.48. The predicted molar refractivity (Wildman–Crippen MR) is 173 cm³/mol. The van der Waals surface area contributed by atoms with Crippen LogP contribution >= 0.6 is 0 Å². The standard InChI is InChI=1S/C35H38FN3O5S/c1-4-26(2)37-35(41)33(23-27-13-7-5-8-14-27)38(24-28-15-11-12-18-32(28)36)34(40)25-39(29-19-21-30(44-3)22-20-29)45(42,43)31-16-9-6-10-17-31/h5-22,26,33H,4,23-25H2,1-3H3,(H,37,41)/t26-,33-/m0/s1. The van der Waals surface area contributed by atoms with Gasteiger partial charge in [0.1, 0.15) is 24.2 Å². The second-order valence-electron chi connectivity index (χ2n) is 10.7. The third-order valence-electron chi connectivity index (χ3n) is 7.54. The van der Waals surface area contributed by atoms with E-state index in [4.69, 9.17) is 4.74 Å². The summed E-state index contributed by atoms with van der Waals surface area (Å²) in [5.74, 6) is -1.12. The molecule has 0 unspecified atom stereocenters. The van der Waals surface area contributed by atoms with Crippen LogP contribution in [0, 0.1) is 5.82 Å². The van der Waals surface area contributed by atoms with E-state index in [0.29, 0.717) is 12.2 Å². The van der Waals surface area contributed by atoms with Crippen molar-refractivity contribution < 1.29 is 27.1 Å². The summed E-state index contributed by atoms with van der Waals surface area (Å²) in [7, 11) is -2.75. The minimum atomic E-state index is -4.24. The van der Waals surface area contributed by atoms with Crippen molar-refractivity contribution in [3.8, 4) is 5.75 Å². The maximum atomic E-state index is 15.0. The number of amides is 2. The first-order chi connectivity index (χ1) is 21.6. The zero-order chi connectivity index (χ0) is 32.4. The summed E-state index contributed by atoms with van der Waals surface area (Å²) in [6.45, 7) is 2.90. The summed E-state index contributed by atoms with van der Waals surface area (Å²) in [6.07, 6.45) is 0.795. The molecule has 0 aliphatic heterocycles. The van der Waals surface area contributed by atoms with Crippen LogP contribution in [0.25, 0.3) is 0 Å². The van der Waals surface area contributed by atoms with E-state index in [1.165, 1.54) is 30.2 Å². The fourth-order valence-corrected chi connectivity index (χ4v) is 6.24. The van der Waals surface area contributed by atoms with Gasteiger partial charge in [0.25, 0.3) is 10.0 Å². The zero-order valence-corrected chi connectivity index (χ0v) is 26.4. The summed E-state index contributed by atoms with van der Waals surface area (Å²) in [5.41, 5.74) is 1.21. The Kier molecular flexibility index (Phi) is 11.3. The van der Waals surface area contributed by atoms with Crippen molar-refractivity contribution in [3.63, 3.8) is 0 Å². The van der Waals surface area contributed by atoms with Crippen molar-refractivity contribution in [1.82, 2.24) is 10.2 Å². The molecule has 45 heavy (non-hydrogen) atoms. The molecule has 0 spiro atoms. The van der Waals surface area contributed by atoms with Crippen LogP contribution in [0.4, 0.5) is 10.1 Å². The zero-order valence-electron chi connectivity index (χ0n) is 25.6. The Bertz CT molecular complexity index is 1670. The lowest BCUT2D eigenvalue weighted by Gasteiger charge is -2.34. The summed E-state index contributed by atoms with van der Waals surface area (Å²) in [4.78, 5) is 29.5. The average Bonchev–Trinajstić information content (AvgIpc) is 3.06. The largest absolute Gasteiger partial charge is 0.497 e. The molecule has 0 saturated carbocycles. The molecule has 0 aliphatic rings. The van der Waals surface area contributed by atoms with Gasteiger partial charge >= 0.3 is 0 Å². The molecule has 0 saturated heterocycles. The highest BCUT2D eigenvalue weighted by atomic mass is 32.2. The number of rotatable bonds is 14. The Morgan fingerprint density at radius 1 is 0.867 bits per heavy atom. The van der Waals surface area contributed by atoms with E-state index >= 15 is 4.39 Å². The quantitative estimate of drug-likeness (QED) is 0.196. The van der Waals surface area contributed by atoms with Gasteiger partial charge in [-0.2, -0.15) is 0 Å². The van der Waals surface area contributed by atoms with E-state index in [1.54, 1.807) is 60.7 Å². The Balaban J connectivity index is 1.81. The first-order valence-corrected chi connectivity index (χ1v) is 16.2. The van der Waals surface area contributed by atoms with E-state index in [9.17, 15) is 18.0 Å². The van der Waals surface area contributed by atoms with E-state index in [0.717, 1.165) is 9.87 Å². The molecule has 0 bridgehead atoms. The number of anilines is 1. The SMILES string of the molecule is CC[C@H](C)NC(=O)[C@H](Cc1ccccc1)N(Cc1ccccc1F)C(=O)CN(c1ccc(OC)cc1)S(=O)(=O)c1ccccc1. The van der Waals surface area contributed by atoms with Crippen LogP contribution in [-0.4, -0.2) is 50.9 Å². The van der Waals surface area contributed by atoms with Crippen molar-refractivity contribution in [1.29, 1.82) is 0 Å². The molecule has 2 atom stereocenters. The summed E-state index contributed by atoms with van der Waals surface area (Å²) < 4.78 is 49.3. The monoisotopic (exact) mass is 631 g/mol. The molecular weight excluding hydrogens is 593 g/mol. The van der Waals surface area contributed by atoms with E-state index in [2.05, 4.69) is 5.32 Å². The van der Waals surface area contributed by atoms with Gasteiger partial charge in [-0.05, 0) is 61.4 Å². The van der Waals surface area contributed by atoms with E-state index in [1.807, 2.05) is 44.2 Å². The number of carbonyl (C=O) groups is 2. The van der Waals surface area contributed by atoms with Crippen LogP contribution in [0.5, 0.6) is 5.75 Å². The Labute approximate surface area is 264 Å². The summed E-state index contributed by atoms with van der Waals surface area (Å²) in [5, 5.41) is 2.97. The van der Waals surface area contributed by atoms with Crippen molar-refractivity contribution in [2.75, 3.05) is 18.0 Å². The second-order valence-corrected chi connectivity index (χ2v) is 12.5. The highest BCUT2D eigenvalue weighted by Gasteiger charge is 2.35. The highest BCUT2D eigenvalue weighted by molar-refractivity contribution is 7.92. The molecule has 8 nitrogen and oxygen atoms in total. The molecule has 2 amide bonds. The Morgan fingerprint density at radius 3 is 2.07 bits per heavy atom. The lowest BCUT2D eigenvalue weighted by molar-refractivity contribution is -0.140. The molecule has 0 heterocycles. The molecule has 0 aliphatic carbocycles. The van der Waals surface area contributed by atoms with Gasteiger partial charge in [-0.3, -0.25) is 13.9 Å². The molecular formula is C35H38FN3O5S. The molecule has 1 N–H and O–H groups in total. The number of sulfonamides is 1. The van der Waals surface area contributed by atoms with Gasteiger partial charge in [0, 0.05) is 24.6 Å². The van der Waals surface area contributed by atoms with Crippen molar-refractivity contribution in [2.24, 2.45) is 0 Å². The topological polar surface area (TPSA) is 96.0 Å². The van der Waals surface area contributed by atoms with Crippen LogP contribution in [0.1, 0.15) is 31.4 Å². The van der Waals surface area contributed by atoms with Gasteiger partial charge in [0.2, 0.25) is 11.8 Å². The second kappa shape index (κ2) is 15.3. The first-order valence-electron chi connectivity index (χ1n) is 14.7.